The number of nitrogens with zero attached hydrogens (tertiary/aromatic N) is 1. The minimum atomic E-state index is -0.298. The van der Waals surface area contributed by atoms with Gasteiger partial charge in [0.2, 0.25) is 0 Å². The van der Waals surface area contributed by atoms with Gasteiger partial charge in [-0.25, -0.2) is 0 Å². The molecule has 3 nitrogen and oxygen atoms in total. The second kappa shape index (κ2) is 7.77. The molecule has 0 saturated carbocycles. The number of piperidine rings is 1. The fraction of sp³-hybridized carbons (Fsp3) is 0.647. The summed E-state index contributed by atoms with van der Waals surface area (Å²) >= 11 is 0. The van der Waals surface area contributed by atoms with Crippen LogP contribution in [0.1, 0.15) is 38.2 Å². The van der Waals surface area contributed by atoms with Crippen molar-refractivity contribution < 1.29 is 5.11 Å². The van der Waals surface area contributed by atoms with Gasteiger partial charge in [-0.3, -0.25) is 0 Å². The van der Waals surface area contributed by atoms with Crippen LogP contribution >= 0.6 is 0 Å². The predicted molar refractivity (Wildman–Crippen MR) is 83.8 cm³/mol. The van der Waals surface area contributed by atoms with E-state index in [2.05, 4.69) is 41.4 Å². The summed E-state index contributed by atoms with van der Waals surface area (Å²) < 4.78 is 0. The number of aliphatic hydroxyl groups excluding tert-OH is 1. The van der Waals surface area contributed by atoms with Crippen LogP contribution in [0.2, 0.25) is 0 Å². The summed E-state index contributed by atoms with van der Waals surface area (Å²) in [6.07, 6.45) is 4.96. The molecule has 112 valence electrons. The summed E-state index contributed by atoms with van der Waals surface area (Å²) in [5.41, 5.74) is 0.898. The van der Waals surface area contributed by atoms with Crippen LogP contribution in [0, 0.1) is 0 Å². The molecule has 1 heterocycles. The van der Waals surface area contributed by atoms with Gasteiger partial charge in [0.25, 0.3) is 0 Å². The lowest BCUT2D eigenvalue weighted by atomic mass is 9.86. The Balaban J connectivity index is 2.06. The topological polar surface area (TPSA) is 35.5 Å². The Hall–Kier alpha value is -0.900. The number of aliphatic hydroxyl groups is 1. The van der Waals surface area contributed by atoms with Crippen molar-refractivity contribution in [1.29, 1.82) is 0 Å². The lowest BCUT2D eigenvalue weighted by Crippen LogP contribution is -2.48. The molecule has 2 N–H and O–H groups in total. The van der Waals surface area contributed by atoms with Gasteiger partial charge in [0.1, 0.15) is 0 Å². The van der Waals surface area contributed by atoms with Gasteiger partial charge in [-0.2, -0.15) is 0 Å². The highest BCUT2D eigenvalue weighted by molar-refractivity contribution is 5.24. The summed E-state index contributed by atoms with van der Waals surface area (Å²) in [5, 5.41) is 13.5. The van der Waals surface area contributed by atoms with Gasteiger partial charge in [-0.15, -0.1) is 0 Å². The first-order valence-corrected chi connectivity index (χ1v) is 7.94. The molecule has 0 aliphatic carbocycles. The van der Waals surface area contributed by atoms with Gasteiger partial charge in [0.05, 0.1) is 12.1 Å². The van der Waals surface area contributed by atoms with Crippen LogP contribution in [0.15, 0.2) is 30.3 Å². The Bertz CT molecular complexity index is 376. The van der Waals surface area contributed by atoms with E-state index in [1.54, 1.807) is 0 Å². The Morgan fingerprint density at radius 3 is 2.45 bits per heavy atom. The van der Waals surface area contributed by atoms with Crippen molar-refractivity contribution >= 4 is 0 Å². The van der Waals surface area contributed by atoms with Gasteiger partial charge in [-0.1, -0.05) is 43.7 Å². The average molecular weight is 276 g/mol. The van der Waals surface area contributed by atoms with E-state index in [1.165, 1.54) is 37.9 Å². The molecular formula is C17H28N2O. The molecule has 20 heavy (non-hydrogen) atoms. The van der Waals surface area contributed by atoms with Crippen molar-refractivity contribution in [2.45, 2.75) is 38.1 Å². The van der Waals surface area contributed by atoms with E-state index in [9.17, 15) is 5.11 Å². The highest BCUT2D eigenvalue weighted by Gasteiger charge is 2.30. The second-order valence-electron chi connectivity index (χ2n) is 5.79. The van der Waals surface area contributed by atoms with E-state index < -0.39 is 0 Å². The number of likely N-dealkylation sites (tertiary alicyclic amines) is 1. The highest BCUT2D eigenvalue weighted by Crippen LogP contribution is 2.25. The van der Waals surface area contributed by atoms with Crippen molar-refractivity contribution in [3.05, 3.63) is 35.9 Å². The maximum atomic E-state index is 10.0. The molecule has 0 amide bonds. The monoisotopic (exact) mass is 276 g/mol. The van der Waals surface area contributed by atoms with E-state index in [0.717, 1.165) is 19.5 Å². The van der Waals surface area contributed by atoms with Gasteiger partial charge < -0.3 is 15.3 Å². The first-order chi connectivity index (χ1) is 9.80. The normalized spacial score (nSPS) is 19.7. The zero-order valence-electron chi connectivity index (χ0n) is 12.6. The zero-order chi connectivity index (χ0) is 14.3. The molecule has 1 aromatic rings. The van der Waals surface area contributed by atoms with Crippen molar-refractivity contribution in [2.75, 3.05) is 32.8 Å². The zero-order valence-corrected chi connectivity index (χ0v) is 12.6. The summed E-state index contributed by atoms with van der Waals surface area (Å²) in [6, 6.07) is 10.4. The van der Waals surface area contributed by atoms with E-state index in [-0.39, 0.29) is 12.1 Å². The molecule has 1 fully saturated rings. The standard InChI is InChI=1S/C17H28N2O/c1-2-18-17(15-20,16-9-5-3-6-10-16)11-14-19-12-7-4-8-13-19/h3,5-6,9-10,18,20H,2,4,7-8,11-15H2,1H3. The number of benzene rings is 1. The second-order valence-corrected chi connectivity index (χ2v) is 5.79. The van der Waals surface area contributed by atoms with E-state index in [1.807, 2.05) is 6.07 Å². The first kappa shape index (κ1) is 15.5. The molecule has 0 bridgehead atoms. The van der Waals surface area contributed by atoms with Gasteiger partial charge >= 0.3 is 0 Å². The first-order valence-electron chi connectivity index (χ1n) is 7.94. The molecule has 0 spiro atoms. The van der Waals surface area contributed by atoms with E-state index >= 15 is 0 Å². The van der Waals surface area contributed by atoms with Crippen LogP contribution < -0.4 is 5.32 Å². The molecule has 1 aromatic carbocycles. The number of rotatable bonds is 7. The van der Waals surface area contributed by atoms with Gasteiger partial charge in [-0.05, 0) is 44.5 Å². The predicted octanol–water partition coefficient (Wildman–Crippen LogP) is 2.36. The molecular weight excluding hydrogens is 248 g/mol. The van der Waals surface area contributed by atoms with Crippen molar-refractivity contribution in [1.82, 2.24) is 10.2 Å². The third-order valence-electron chi connectivity index (χ3n) is 4.41. The minimum Gasteiger partial charge on any atom is -0.394 e. The van der Waals surface area contributed by atoms with E-state index in [4.69, 9.17) is 0 Å². The van der Waals surface area contributed by atoms with Gasteiger partial charge in [0, 0.05) is 6.54 Å². The molecule has 1 atom stereocenters. The SMILES string of the molecule is CCNC(CO)(CCN1CCCCC1)c1ccccc1. The molecule has 2 rings (SSSR count). The molecule has 1 unspecified atom stereocenters. The maximum Gasteiger partial charge on any atom is 0.0681 e. The number of nitrogens with one attached hydrogen (secondary N) is 1. The lowest BCUT2D eigenvalue weighted by Gasteiger charge is -2.36. The molecule has 3 heteroatoms. The minimum absolute atomic E-state index is 0.151. The molecule has 0 aromatic heterocycles. The summed E-state index contributed by atoms with van der Waals surface area (Å²) in [6.45, 7) is 6.61. The quantitative estimate of drug-likeness (QED) is 0.802. The average Bonchev–Trinajstić information content (AvgIpc) is 2.53. The fourth-order valence-electron chi connectivity index (χ4n) is 3.19. The lowest BCUT2D eigenvalue weighted by molar-refractivity contribution is 0.126. The van der Waals surface area contributed by atoms with Crippen molar-refractivity contribution in [2.24, 2.45) is 0 Å². The Morgan fingerprint density at radius 1 is 1.15 bits per heavy atom. The third kappa shape index (κ3) is 3.81. The summed E-state index contributed by atoms with van der Waals surface area (Å²) in [7, 11) is 0. The van der Waals surface area contributed by atoms with Gasteiger partial charge in [0.15, 0.2) is 0 Å². The molecule has 0 radical (unpaired) electrons. The highest BCUT2D eigenvalue weighted by atomic mass is 16.3. The number of hydrogen-bond acceptors (Lipinski definition) is 3. The fourth-order valence-corrected chi connectivity index (χ4v) is 3.19. The van der Waals surface area contributed by atoms with Crippen LogP contribution in [-0.2, 0) is 5.54 Å². The molecule has 1 saturated heterocycles. The van der Waals surface area contributed by atoms with Crippen LogP contribution in [0.25, 0.3) is 0 Å². The molecule has 1 aliphatic heterocycles. The van der Waals surface area contributed by atoms with Crippen LogP contribution in [0.4, 0.5) is 0 Å². The Labute approximate surface area is 123 Å². The number of hydrogen-bond donors (Lipinski definition) is 2. The maximum absolute atomic E-state index is 10.0. The van der Waals surface area contributed by atoms with Crippen molar-refractivity contribution in [3.8, 4) is 0 Å². The van der Waals surface area contributed by atoms with E-state index in [0.29, 0.717) is 0 Å². The number of likely N-dealkylation sites (N-methyl/N-ethyl adjacent to an activating group) is 1. The summed E-state index contributed by atoms with van der Waals surface area (Å²) in [4.78, 5) is 2.54. The third-order valence-corrected chi connectivity index (χ3v) is 4.41. The molecule has 1 aliphatic rings. The smallest absolute Gasteiger partial charge is 0.0681 e. The Morgan fingerprint density at radius 2 is 1.85 bits per heavy atom. The van der Waals surface area contributed by atoms with Crippen molar-refractivity contribution in [3.63, 3.8) is 0 Å². The van der Waals surface area contributed by atoms with Crippen LogP contribution in [0.3, 0.4) is 0 Å². The van der Waals surface area contributed by atoms with Crippen LogP contribution in [0.5, 0.6) is 0 Å². The summed E-state index contributed by atoms with van der Waals surface area (Å²) in [5.74, 6) is 0. The Kier molecular flexibility index (Phi) is 6.02. The largest absolute Gasteiger partial charge is 0.394 e. The van der Waals surface area contributed by atoms with Crippen LogP contribution in [-0.4, -0.2) is 42.8 Å².